The molecular weight excluding hydrogens is 1290 g/mol. The van der Waals surface area contributed by atoms with E-state index >= 15 is 0 Å². The first-order chi connectivity index (χ1) is 47.9. The number of hydrogen-bond acceptors (Lipinski definition) is 15. The largest absolute Gasteiger partial charge is 0.472 e. The molecule has 0 aliphatic rings. The highest BCUT2D eigenvalue weighted by Gasteiger charge is 2.30. The molecule has 0 aromatic rings. The fourth-order valence-corrected chi connectivity index (χ4v) is 13.9. The Balaban J connectivity index is 5.23. The second kappa shape index (κ2) is 71.7. The van der Waals surface area contributed by atoms with Crippen molar-refractivity contribution in [2.75, 3.05) is 39.6 Å². The van der Waals surface area contributed by atoms with Crippen LogP contribution in [0, 0.1) is 11.8 Å². The summed E-state index contributed by atoms with van der Waals surface area (Å²) in [5, 5.41) is 10.6. The molecule has 3 N–H and O–H groups in total. The molecule has 0 aliphatic heterocycles. The van der Waals surface area contributed by atoms with Crippen molar-refractivity contribution in [1.82, 2.24) is 0 Å². The van der Waals surface area contributed by atoms with E-state index in [-0.39, 0.29) is 25.7 Å². The molecule has 0 rings (SSSR count). The minimum Gasteiger partial charge on any atom is -0.462 e. The molecule has 0 saturated carbocycles. The van der Waals surface area contributed by atoms with Crippen molar-refractivity contribution in [2.45, 2.75) is 439 Å². The van der Waals surface area contributed by atoms with Gasteiger partial charge in [0.05, 0.1) is 26.4 Å². The van der Waals surface area contributed by atoms with Crippen molar-refractivity contribution in [3.63, 3.8) is 0 Å². The maximum absolute atomic E-state index is 13.1. The fraction of sp³-hybridized carbons (Fsp3) is 0.950. The van der Waals surface area contributed by atoms with Crippen molar-refractivity contribution >= 4 is 39.5 Å². The van der Waals surface area contributed by atoms with Crippen LogP contribution in [0.25, 0.3) is 0 Å². The van der Waals surface area contributed by atoms with Gasteiger partial charge in [0, 0.05) is 25.7 Å². The zero-order valence-electron chi connectivity index (χ0n) is 64.8. The summed E-state index contributed by atoms with van der Waals surface area (Å²) in [6.07, 6.45) is 61.1. The maximum Gasteiger partial charge on any atom is 0.472 e. The number of esters is 4. The second-order valence-electron chi connectivity index (χ2n) is 29.3. The molecule has 19 heteroatoms. The smallest absolute Gasteiger partial charge is 0.462 e. The van der Waals surface area contributed by atoms with Gasteiger partial charge in [-0.1, -0.05) is 369 Å². The lowest BCUT2D eigenvalue weighted by Gasteiger charge is -2.21. The Morgan fingerprint density at radius 1 is 0.283 bits per heavy atom. The summed E-state index contributed by atoms with van der Waals surface area (Å²) in [5.74, 6) is -0.613. The summed E-state index contributed by atoms with van der Waals surface area (Å²) >= 11 is 0. The number of phosphoric acid groups is 2. The molecule has 0 fully saturated rings. The first kappa shape index (κ1) is 97.1. The maximum atomic E-state index is 13.1. The molecule has 0 heterocycles. The van der Waals surface area contributed by atoms with Crippen LogP contribution in [0.2, 0.25) is 0 Å². The number of phosphoric ester groups is 2. The molecule has 0 spiro atoms. The molecule has 0 amide bonds. The lowest BCUT2D eigenvalue weighted by Crippen LogP contribution is -2.30. The second-order valence-corrected chi connectivity index (χ2v) is 32.2. The van der Waals surface area contributed by atoms with Gasteiger partial charge in [-0.2, -0.15) is 0 Å². The van der Waals surface area contributed by atoms with Crippen molar-refractivity contribution in [3.05, 3.63) is 0 Å². The Bertz CT molecular complexity index is 1910. The number of hydrogen-bond donors (Lipinski definition) is 3. The van der Waals surface area contributed by atoms with Gasteiger partial charge < -0.3 is 33.8 Å². The molecule has 7 atom stereocenters. The van der Waals surface area contributed by atoms with Crippen LogP contribution in [-0.2, 0) is 65.4 Å². The highest BCUT2D eigenvalue weighted by molar-refractivity contribution is 7.47. The van der Waals surface area contributed by atoms with Gasteiger partial charge in [0.15, 0.2) is 12.2 Å². The van der Waals surface area contributed by atoms with Gasteiger partial charge in [-0.25, -0.2) is 9.13 Å². The van der Waals surface area contributed by atoms with E-state index in [1.807, 2.05) is 0 Å². The minimum atomic E-state index is -4.96. The number of rotatable bonds is 79. The van der Waals surface area contributed by atoms with E-state index in [4.69, 9.17) is 37.0 Å². The number of carbonyl (C=O) groups excluding carboxylic acids is 4. The molecule has 0 bridgehead atoms. The first-order valence-corrected chi connectivity index (χ1v) is 44.6. The summed E-state index contributed by atoms with van der Waals surface area (Å²) in [7, 11) is -9.92. The van der Waals surface area contributed by atoms with Gasteiger partial charge in [0.2, 0.25) is 0 Å². The Labute approximate surface area is 607 Å². The summed E-state index contributed by atoms with van der Waals surface area (Å²) in [5.41, 5.74) is 0. The van der Waals surface area contributed by atoms with E-state index in [9.17, 15) is 43.2 Å². The van der Waals surface area contributed by atoms with E-state index < -0.39 is 97.5 Å². The van der Waals surface area contributed by atoms with Crippen LogP contribution in [0.1, 0.15) is 420 Å². The summed E-state index contributed by atoms with van der Waals surface area (Å²) in [4.78, 5) is 73.0. The molecule has 0 saturated heterocycles. The molecule has 0 aliphatic carbocycles. The van der Waals surface area contributed by atoms with Gasteiger partial charge in [-0.3, -0.25) is 37.3 Å². The van der Waals surface area contributed by atoms with Crippen molar-refractivity contribution in [3.8, 4) is 0 Å². The first-order valence-electron chi connectivity index (χ1n) is 41.6. The van der Waals surface area contributed by atoms with Crippen LogP contribution in [0.5, 0.6) is 0 Å². The van der Waals surface area contributed by atoms with Gasteiger partial charge in [-0.15, -0.1) is 0 Å². The molecule has 99 heavy (non-hydrogen) atoms. The predicted molar refractivity (Wildman–Crippen MR) is 405 cm³/mol. The quantitative estimate of drug-likeness (QED) is 0.0222. The van der Waals surface area contributed by atoms with Gasteiger partial charge in [-0.05, 0) is 37.5 Å². The normalized spacial score (nSPS) is 14.5. The van der Waals surface area contributed by atoms with Crippen molar-refractivity contribution in [1.29, 1.82) is 0 Å². The lowest BCUT2D eigenvalue weighted by molar-refractivity contribution is -0.161. The number of ether oxygens (including phenoxy) is 4. The molecule has 0 aromatic carbocycles. The third-order valence-electron chi connectivity index (χ3n) is 19.4. The highest BCUT2D eigenvalue weighted by Crippen LogP contribution is 2.45. The summed E-state index contributed by atoms with van der Waals surface area (Å²) in [6.45, 7) is 9.58. The van der Waals surface area contributed by atoms with Crippen LogP contribution in [0.15, 0.2) is 0 Å². The lowest BCUT2D eigenvalue weighted by atomic mass is 9.99. The number of unbranched alkanes of at least 4 members (excludes halogenated alkanes) is 47. The van der Waals surface area contributed by atoms with Crippen LogP contribution in [-0.4, -0.2) is 96.7 Å². The molecule has 17 nitrogen and oxygen atoms in total. The van der Waals surface area contributed by atoms with E-state index in [0.717, 1.165) is 108 Å². The Kier molecular flexibility index (Phi) is 70.3. The Morgan fingerprint density at radius 2 is 0.485 bits per heavy atom. The van der Waals surface area contributed by atoms with Crippen LogP contribution < -0.4 is 0 Å². The Hall–Kier alpha value is -1.94. The fourth-order valence-electron chi connectivity index (χ4n) is 12.3. The van der Waals surface area contributed by atoms with E-state index in [0.29, 0.717) is 25.7 Å². The van der Waals surface area contributed by atoms with E-state index in [1.54, 1.807) is 0 Å². The van der Waals surface area contributed by atoms with E-state index in [2.05, 4.69) is 41.5 Å². The predicted octanol–water partition coefficient (Wildman–Crippen LogP) is 23.9. The molecular formula is C80H156O17P2. The molecule has 0 radical (unpaired) electrons. The third-order valence-corrected chi connectivity index (χ3v) is 21.3. The van der Waals surface area contributed by atoms with Gasteiger partial charge >= 0.3 is 39.5 Å². The SMILES string of the molecule is CCCCCCCCCCCCCCCCCCCCCCC(=O)O[C@H](COC(=O)CCCCCCCCCCCCCCCCCCC)COP(=O)(O)OC[C@@H](O)COP(=O)(O)OC[C@@H](COC(=O)CCCCCCCCC(C)CC)OC(=O)CCCCCCCCCCC(C)CC. The van der Waals surface area contributed by atoms with Crippen molar-refractivity contribution in [2.24, 2.45) is 11.8 Å². The monoisotopic (exact) mass is 1450 g/mol. The minimum absolute atomic E-state index is 0.104. The molecule has 588 valence electrons. The Morgan fingerprint density at radius 3 is 0.717 bits per heavy atom. The average molecular weight is 1450 g/mol. The van der Waals surface area contributed by atoms with Crippen LogP contribution in [0.3, 0.4) is 0 Å². The zero-order chi connectivity index (χ0) is 72.8. The van der Waals surface area contributed by atoms with Crippen molar-refractivity contribution < 1.29 is 80.2 Å². The third kappa shape index (κ3) is 71.5. The zero-order valence-corrected chi connectivity index (χ0v) is 66.6. The number of aliphatic hydroxyl groups excluding tert-OH is 1. The number of aliphatic hydroxyl groups is 1. The molecule has 0 aromatic heterocycles. The topological polar surface area (TPSA) is 237 Å². The van der Waals surface area contributed by atoms with Crippen LogP contribution in [0.4, 0.5) is 0 Å². The molecule has 4 unspecified atom stereocenters. The number of carbonyl (C=O) groups is 4. The summed E-state index contributed by atoms with van der Waals surface area (Å²) in [6, 6.07) is 0. The standard InChI is InChI=1S/C80H156O17P2/c1-7-11-13-15-17-19-21-23-25-27-28-29-31-33-35-37-39-44-52-58-64-79(84)96-75(68-90-77(82)62-56-50-43-38-36-34-32-30-26-24-22-20-18-16-14-12-8-2)70-94-98(86,87)92-66-74(81)67-93-99(88,89)95-71-76(69-91-78(83)63-57-51-47-46-49-55-61-73(6)10-4)97-80(85)65-59-53-45-41-40-42-48-54-60-72(5)9-3/h72-76,81H,7-71H2,1-6H3,(H,86,87)(H,88,89)/t72?,73?,74-,75-,76-/m1/s1. The summed E-state index contributed by atoms with van der Waals surface area (Å²) < 4.78 is 68.7. The highest BCUT2D eigenvalue weighted by atomic mass is 31.2. The van der Waals surface area contributed by atoms with E-state index in [1.165, 1.54) is 231 Å². The van der Waals surface area contributed by atoms with Gasteiger partial charge in [0.1, 0.15) is 19.3 Å². The average Bonchev–Trinajstić information content (AvgIpc) is 1.38. The van der Waals surface area contributed by atoms with Gasteiger partial charge in [0.25, 0.3) is 0 Å². The van der Waals surface area contributed by atoms with Crippen LogP contribution >= 0.6 is 15.6 Å².